The van der Waals surface area contributed by atoms with Gasteiger partial charge >= 0.3 is 0 Å². The van der Waals surface area contributed by atoms with E-state index in [0.29, 0.717) is 18.1 Å². The van der Waals surface area contributed by atoms with E-state index in [1.807, 2.05) is 0 Å². The minimum absolute atomic E-state index is 0.0719. The Hall–Kier alpha value is -1.55. The third kappa shape index (κ3) is 3.26. The van der Waals surface area contributed by atoms with Gasteiger partial charge in [0.15, 0.2) is 11.7 Å². The highest BCUT2D eigenvalue weighted by atomic mass is 32.2. The fraction of sp³-hybridized carbons (Fsp3) is 0.778. The molecule has 0 aromatic carbocycles. The summed E-state index contributed by atoms with van der Waals surface area (Å²) in [7, 11) is -3.53. The number of hydrazine groups is 1. The standard InChI is InChI=1S/C9H16N4O5S/c1-19(16,17)11-7-9(12(8-11)13(14)15)18-10-5-3-2-4-6-10/h7H,2-6,8H2,1H3. The van der Waals surface area contributed by atoms with Crippen molar-refractivity contribution in [1.29, 1.82) is 0 Å². The summed E-state index contributed by atoms with van der Waals surface area (Å²) in [6.07, 6.45) is 5.16. The highest BCUT2D eigenvalue weighted by Gasteiger charge is 2.36. The van der Waals surface area contributed by atoms with E-state index in [2.05, 4.69) is 0 Å². The highest BCUT2D eigenvalue weighted by molar-refractivity contribution is 7.88. The van der Waals surface area contributed by atoms with Gasteiger partial charge in [0.05, 0.1) is 12.5 Å². The van der Waals surface area contributed by atoms with Gasteiger partial charge in [-0.1, -0.05) is 6.42 Å². The molecule has 0 amide bonds. The zero-order chi connectivity index (χ0) is 14.0. The van der Waals surface area contributed by atoms with E-state index in [-0.39, 0.29) is 12.6 Å². The molecule has 0 unspecified atom stereocenters. The van der Waals surface area contributed by atoms with Crippen LogP contribution < -0.4 is 0 Å². The van der Waals surface area contributed by atoms with Gasteiger partial charge in [0.2, 0.25) is 10.0 Å². The third-order valence-corrected chi connectivity index (χ3v) is 4.02. The van der Waals surface area contributed by atoms with Crippen LogP contribution in [-0.2, 0) is 14.9 Å². The topological polar surface area (TPSA) is 96.2 Å². The number of hydrogen-bond acceptors (Lipinski definition) is 6. The first-order valence-electron chi connectivity index (χ1n) is 5.91. The Morgan fingerprint density at radius 3 is 2.47 bits per heavy atom. The molecule has 9 nitrogen and oxygen atoms in total. The van der Waals surface area contributed by atoms with E-state index in [0.717, 1.165) is 36.0 Å². The van der Waals surface area contributed by atoms with Crippen molar-refractivity contribution in [3.8, 4) is 0 Å². The summed E-state index contributed by atoms with van der Waals surface area (Å²) < 4.78 is 23.7. The van der Waals surface area contributed by atoms with Gasteiger partial charge in [0.25, 0.3) is 5.88 Å². The molecule has 19 heavy (non-hydrogen) atoms. The first-order chi connectivity index (χ1) is 8.88. The summed E-state index contributed by atoms with van der Waals surface area (Å²) in [6, 6.07) is 0. The Morgan fingerprint density at radius 1 is 1.32 bits per heavy atom. The molecule has 0 atom stereocenters. The molecule has 0 spiro atoms. The number of hydrogen-bond donors (Lipinski definition) is 0. The lowest BCUT2D eigenvalue weighted by Crippen LogP contribution is -2.37. The van der Waals surface area contributed by atoms with Crippen molar-refractivity contribution in [3.05, 3.63) is 22.2 Å². The summed E-state index contributed by atoms with van der Waals surface area (Å²) in [6.45, 7) is 0.999. The molecule has 0 aliphatic carbocycles. The Kier molecular flexibility index (Phi) is 3.80. The maximum Gasteiger partial charge on any atom is 0.294 e. The van der Waals surface area contributed by atoms with Gasteiger partial charge in [-0.2, -0.15) is 0 Å². The molecule has 1 saturated heterocycles. The zero-order valence-corrected chi connectivity index (χ0v) is 11.4. The Labute approximate surface area is 111 Å². The van der Waals surface area contributed by atoms with E-state index < -0.39 is 15.1 Å². The van der Waals surface area contributed by atoms with Gasteiger partial charge < -0.3 is 4.84 Å². The van der Waals surface area contributed by atoms with Crippen LogP contribution in [0.1, 0.15) is 19.3 Å². The number of sulfonamides is 1. The van der Waals surface area contributed by atoms with Gasteiger partial charge in [-0.05, 0) is 17.9 Å². The summed E-state index contributed by atoms with van der Waals surface area (Å²) in [4.78, 5) is 16.3. The monoisotopic (exact) mass is 292 g/mol. The lowest BCUT2D eigenvalue weighted by atomic mass is 10.2. The second-order valence-corrected chi connectivity index (χ2v) is 6.41. The molecule has 1 fully saturated rings. The van der Waals surface area contributed by atoms with Crippen LogP contribution in [0.4, 0.5) is 0 Å². The maximum atomic E-state index is 11.4. The highest BCUT2D eigenvalue weighted by Crippen LogP contribution is 2.22. The van der Waals surface area contributed by atoms with Crippen LogP contribution in [0, 0.1) is 10.1 Å². The molecule has 0 N–H and O–H groups in total. The SMILES string of the molecule is CS(=O)(=O)N1C=C(ON2CCCCC2)N([N+](=O)[O-])C1. The summed E-state index contributed by atoms with van der Waals surface area (Å²) >= 11 is 0. The van der Waals surface area contributed by atoms with Crippen LogP contribution in [0.15, 0.2) is 12.1 Å². The second-order valence-electron chi connectivity index (χ2n) is 4.48. The molecule has 0 radical (unpaired) electrons. The average Bonchev–Trinajstić information content (AvgIpc) is 2.74. The average molecular weight is 292 g/mol. The minimum atomic E-state index is -3.53. The molecule has 0 aromatic rings. The van der Waals surface area contributed by atoms with Crippen molar-refractivity contribution in [2.24, 2.45) is 0 Å². The molecule has 0 saturated carbocycles. The molecule has 10 heteroatoms. The molecule has 0 aromatic heterocycles. The van der Waals surface area contributed by atoms with Crippen molar-refractivity contribution in [2.45, 2.75) is 19.3 Å². The predicted octanol–water partition coefficient (Wildman–Crippen LogP) is -0.0708. The Balaban J connectivity index is 2.11. The van der Waals surface area contributed by atoms with Gasteiger partial charge in [-0.15, -0.1) is 5.06 Å². The smallest absolute Gasteiger partial charge is 0.294 e. The number of rotatable bonds is 4. The van der Waals surface area contributed by atoms with Crippen LogP contribution in [0.3, 0.4) is 0 Å². The number of hydroxylamine groups is 2. The second kappa shape index (κ2) is 5.21. The normalized spacial score (nSPS) is 21.4. The summed E-state index contributed by atoms with van der Waals surface area (Å²) in [5, 5.41) is 12.5. The van der Waals surface area contributed by atoms with Crippen molar-refractivity contribution < 1.29 is 18.3 Å². The van der Waals surface area contributed by atoms with Gasteiger partial charge in [-0.3, -0.25) is 0 Å². The lowest BCUT2D eigenvalue weighted by molar-refractivity contribution is -0.652. The van der Waals surface area contributed by atoms with Gasteiger partial charge in [0, 0.05) is 13.1 Å². The molecular weight excluding hydrogens is 276 g/mol. The fourth-order valence-corrected chi connectivity index (χ4v) is 2.53. The Morgan fingerprint density at radius 2 is 1.95 bits per heavy atom. The summed E-state index contributed by atoms with van der Waals surface area (Å²) in [5.74, 6) is -0.0719. The quantitative estimate of drug-likeness (QED) is 0.528. The van der Waals surface area contributed by atoms with Crippen molar-refractivity contribution in [3.63, 3.8) is 0 Å². The molecule has 2 heterocycles. The van der Waals surface area contributed by atoms with E-state index in [1.54, 1.807) is 5.06 Å². The minimum Gasteiger partial charge on any atom is -0.380 e. The largest absolute Gasteiger partial charge is 0.380 e. The number of nitrogens with zero attached hydrogens (tertiary/aromatic N) is 4. The van der Waals surface area contributed by atoms with Crippen LogP contribution in [0.2, 0.25) is 0 Å². The van der Waals surface area contributed by atoms with Crippen molar-refractivity contribution in [2.75, 3.05) is 26.0 Å². The number of piperidine rings is 1. The molecule has 0 bridgehead atoms. The van der Waals surface area contributed by atoms with E-state index in [9.17, 15) is 18.5 Å². The van der Waals surface area contributed by atoms with E-state index in [1.165, 1.54) is 0 Å². The van der Waals surface area contributed by atoms with E-state index in [4.69, 9.17) is 4.84 Å². The van der Waals surface area contributed by atoms with Crippen LogP contribution in [0.5, 0.6) is 0 Å². The summed E-state index contributed by atoms with van der Waals surface area (Å²) in [5.41, 5.74) is 0. The molecule has 2 aliphatic heterocycles. The zero-order valence-electron chi connectivity index (χ0n) is 10.6. The maximum absolute atomic E-state index is 11.4. The van der Waals surface area contributed by atoms with Crippen LogP contribution in [0.25, 0.3) is 0 Å². The van der Waals surface area contributed by atoms with Gasteiger partial charge in [-0.25, -0.2) is 22.8 Å². The van der Waals surface area contributed by atoms with Crippen LogP contribution in [-0.4, -0.2) is 53.8 Å². The first-order valence-corrected chi connectivity index (χ1v) is 7.76. The predicted molar refractivity (Wildman–Crippen MR) is 65.0 cm³/mol. The fourth-order valence-electron chi connectivity index (χ4n) is 1.92. The first kappa shape index (κ1) is 13.9. The van der Waals surface area contributed by atoms with Crippen LogP contribution >= 0.6 is 0 Å². The Bertz CT molecular complexity index is 485. The van der Waals surface area contributed by atoms with Crippen molar-refractivity contribution >= 4 is 10.0 Å². The molecular formula is C9H16N4O5S. The lowest BCUT2D eigenvalue weighted by Gasteiger charge is -2.26. The van der Waals surface area contributed by atoms with E-state index >= 15 is 0 Å². The van der Waals surface area contributed by atoms with Crippen molar-refractivity contribution in [1.82, 2.24) is 14.4 Å². The van der Waals surface area contributed by atoms with Gasteiger partial charge in [0.1, 0.15) is 0 Å². The third-order valence-electron chi connectivity index (χ3n) is 2.94. The molecule has 2 aliphatic rings. The molecule has 2 rings (SSSR count). The number of nitro groups is 1. The molecule has 108 valence electrons.